The van der Waals surface area contributed by atoms with Crippen molar-refractivity contribution in [3.05, 3.63) is 23.8 Å². The van der Waals surface area contributed by atoms with Crippen LogP contribution in [0.15, 0.2) is 18.2 Å². The van der Waals surface area contributed by atoms with E-state index in [1.807, 2.05) is 0 Å². The average Bonchev–Trinajstić information content (AvgIpc) is 2.61. The minimum absolute atomic E-state index is 0.156. The summed E-state index contributed by atoms with van der Waals surface area (Å²) in [4.78, 5) is 23.6. The van der Waals surface area contributed by atoms with Gasteiger partial charge in [0, 0.05) is 31.3 Å². The molecule has 1 aliphatic rings. The SMILES string of the molecule is COc1ccc(C(CC(=O)O)NC(=O)CC2CCOCC2)c(OC)c1. The first kappa shape index (κ1) is 19.1. The van der Waals surface area contributed by atoms with Crippen LogP contribution in [0, 0.1) is 5.92 Å². The van der Waals surface area contributed by atoms with Crippen LogP contribution >= 0.6 is 0 Å². The van der Waals surface area contributed by atoms with E-state index in [0.717, 1.165) is 12.8 Å². The standard InChI is InChI=1S/C18H25NO6/c1-23-13-3-4-14(16(10-13)24-2)15(11-18(21)22)19-17(20)9-12-5-7-25-8-6-12/h3-4,10,12,15H,5-9,11H2,1-2H3,(H,19,20)(H,21,22). The van der Waals surface area contributed by atoms with Gasteiger partial charge in [0.25, 0.3) is 0 Å². The molecular weight excluding hydrogens is 326 g/mol. The summed E-state index contributed by atoms with van der Waals surface area (Å²) < 4.78 is 15.8. The lowest BCUT2D eigenvalue weighted by Gasteiger charge is -2.24. The summed E-state index contributed by atoms with van der Waals surface area (Å²) in [6.45, 7) is 1.34. The quantitative estimate of drug-likeness (QED) is 0.745. The summed E-state index contributed by atoms with van der Waals surface area (Å²) in [5.74, 6) is 0.211. The van der Waals surface area contributed by atoms with Crippen LogP contribution in [0.2, 0.25) is 0 Å². The maximum absolute atomic E-state index is 12.4. The van der Waals surface area contributed by atoms with Crippen molar-refractivity contribution in [2.75, 3.05) is 27.4 Å². The van der Waals surface area contributed by atoms with Crippen LogP contribution in [0.5, 0.6) is 11.5 Å². The first-order chi connectivity index (χ1) is 12.0. The first-order valence-corrected chi connectivity index (χ1v) is 8.34. The van der Waals surface area contributed by atoms with Gasteiger partial charge in [-0.1, -0.05) is 0 Å². The van der Waals surface area contributed by atoms with Gasteiger partial charge >= 0.3 is 5.97 Å². The molecular formula is C18H25NO6. The molecule has 0 aromatic heterocycles. The van der Waals surface area contributed by atoms with E-state index in [2.05, 4.69) is 5.32 Å². The zero-order valence-electron chi connectivity index (χ0n) is 14.6. The summed E-state index contributed by atoms with van der Waals surface area (Å²) >= 11 is 0. The predicted octanol–water partition coefficient (Wildman–Crippen LogP) is 2.15. The topological polar surface area (TPSA) is 94.1 Å². The van der Waals surface area contributed by atoms with Gasteiger partial charge in [0.2, 0.25) is 5.91 Å². The fourth-order valence-electron chi connectivity index (χ4n) is 2.99. The second-order valence-corrected chi connectivity index (χ2v) is 6.09. The fourth-order valence-corrected chi connectivity index (χ4v) is 2.99. The summed E-state index contributed by atoms with van der Waals surface area (Å²) in [6, 6.07) is 4.46. The van der Waals surface area contributed by atoms with Crippen LogP contribution in [0.1, 0.15) is 37.3 Å². The number of carboxylic acids is 1. The number of hydrogen-bond acceptors (Lipinski definition) is 5. The molecule has 1 atom stereocenters. The Morgan fingerprint density at radius 1 is 1.28 bits per heavy atom. The number of aliphatic carboxylic acids is 1. The van der Waals surface area contributed by atoms with Gasteiger partial charge in [-0.25, -0.2) is 0 Å². The fraction of sp³-hybridized carbons (Fsp3) is 0.556. The monoisotopic (exact) mass is 351 g/mol. The third kappa shape index (κ3) is 5.63. The molecule has 1 aliphatic heterocycles. The van der Waals surface area contributed by atoms with Crippen LogP contribution in [0.4, 0.5) is 0 Å². The molecule has 0 aliphatic carbocycles. The van der Waals surface area contributed by atoms with Crippen molar-refractivity contribution < 1.29 is 28.9 Å². The molecule has 1 aromatic carbocycles. The number of carbonyl (C=O) groups is 2. The van der Waals surface area contributed by atoms with Gasteiger partial charge in [0.15, 0.2) is 0 Å². The van der Waals surface area contributed by atoms with E-state index in [1.54, 1.807) is 25.3 Å². The Labute approximate surface area is 147 Å². The Hall–Kier alpha value is -2.28. The van der Waals surface area contributed by atoms with Gasteiger partial charge in [-0.3, -0.25) is 9.59 Å². The van der Waals surface area contributed by atoms with Crippen molar-refractivity contribution in [1.82, 2.24) is 5.32 Å². The third-order valence-corrected chi connectivity index (χ3v) is 4.34. The van der Waals surface area contributed by atoms with E-state index in [4.69, 9.17) is 14.2 Å². The maximum atomic E-state index is 12.4. The Bertz CT molecular complexity index is 597. The summed E-state index contributed by atoms with van der Waals surface area (Å²) in [6.07, 6.45) is 1.85. The number of carbonyl (C=O) groups excluding carboxylic acids is 1. The molecule has 25 heavy (non-hydrogen) atoms. The second kappa shape index (κ2) is 9.27. The molecule has 7 nitrogen and oxygen atoms in total. The van der Waals surface area contributed by atoms with Gasteiger partial charge in [0.05, 0.1) is 26.7 Å². The number of rotatable bonds is 8. The minimum Gasteiger partial charge on any atom is -0.497 e. The summed E-state index contributed by atoms with van der Waals surface area (Å²) in [5, 5.41) is 12.1. The van der Waals surface area contributed by atoms with E-state index in [0.29, 0.717) is 36.7 Å². The van der Waals surface area contributed by atoms with Crippen LogP contribution in [0.25, 0.3) is 0 Å². The first-order valence-electron chi connectivity index (χ1n) is 8.34. The molecule has 2 N–H and O–H groups in total. The molecule has 0 saturated carbocycles. The Balaban J connectivity index is 2.12. The Morgan fingerprint density at radius 3 is 2.60 bits per heavy atom. The van der Waals surface area contributed by atoms with Crippen LogP contribution in [-0.2, 0) is 14.3 Å². The summed E-state index contributed by atoms with van der Waals surface area (Å²) in [5.41, 5.74) is 0.617. The van der Waals surface area contributed by atoms with Crippen molar-refractivity contribution in [3.63, 3.8) is 0 Å². The van der Waals surface area contributed by atoms with Crippen LogP contribution in [-0.4, -0.2) is 44.4 Å². The van der Waals surface area contributed by atoms with E-state index in [1.165, 1.54) is 7.11 Å². The molecule has 1 fully saturated rings. The molecule has 7 heteroatoms. The van der Waals surface area contributed by atoms with Gasteiger partial charge in [-0.05, 0) is 30.9 Å². The molecule has 0 spiro atoms. The number of hydrogen-bond donors (Lipinski definition) is 2. The van der Waals surface area contributed by atoms with E-state index in [-0.39, 0.29) is 18.2 Å². The Kier molecular flexibility index (Phi) is 7.06. The van der Waals surface area contributed by atoms with Gasteiger partial charge < -0.3 is 24.6 Å². The lowest BCUT2D eigenvalue weighted by Crippen LogP contribution is -2.32. The lowest BCUT2D eigenvalue weighted by atomic mass is 9.95. The smallest absolute Gasteiger partial charge is 0.305 e. The number of nitrogens with one attached hydrogen (secondary N) is 1. The highest BCUT2D eigenvalue weighted by molar-refractivity contribution is 5.78. The van der Waals surface area contributed by atoms with Crippen molar-refractivity contribution in [3.8, 4) is 11.5 Å². The van der Waals surface area contributed by atoms with Crippen LogP contribution in [0.3, 0.4) is 0 Å². The van der Waals surface area contributed by atoms with Gasteiger partial charge in [0.1, 0.15) is 11.5 Å². The zero-order valence-corrected chi connectivity index (χ0v) is 14.6. The molecule has 1 aromatic rings. The second-order valence-electron chi connectivity index (χ2n) is 6.09. The third-order valence-electron chi connectivity index (χ3n) is 4.34. The molecule has 1 amide bonds. The molecule has 1 saturated heterocycles. The van der Waals surface area contributed by atoms with E-state index in [9.17, 15) is 14.7 Å². The predicted molar refractivity (Wildman–Crippen MR) is 90.8 cm³/mol. The van der Waals surface area contributed by atoms with Gasteiger partial charge in [-0.2, -0.15) is 0 Å². The van der Waals surface area contributed by atoms with Crippen molar-refractivity contribution in [2.45, 2.75) is 31.7 Å². The summed E-state index contributed by atoms with van der Waals surface area (Å²) in [7, 11) is 3.04. The molecule has 0 radical (unpaired) electrons. The zero-order chi connectivity index (χ0) is 18.2. The number of benzene rings is 1. The normalized spacial score (nSPS) is 16.1. The highest BCUT2D eigenvalue weighted by Crippen LogP contribution is 2.31. The van der Waals surface area contributed by atoms with Crippen LogP contribution < -0.4 is 14.8 Å². The van der Waals surface area contributed by atoms with Crippen molar-refractivity contribution >= 4 is 11.9 Å². The highest BCUT2D eigenvalue weighted by atomic mass is 16.5. The lowest BCUT2D eigenvalue weighted by molar-refractivity contribution is -0.137. The average molecular weight is 351 g/mol. The van der Waals surface area contributed by atoms with Gasteiger partial charge in [-0.15, -0.1) is 0 Å². The number of ether oxygens (including phenoxy) is 3. The molecule has 1 heterocycles. The Morgan fingerprint density at radius 2 is 2.00 bits per heavy atom. The van der Waals surface area contributed by atoms with E-state index >= 15 is 0 Å². The van der Waals surface area contributed by atoms with Crippen molar-refractivity contribution in [1.29, 1.82) is 0 Å². The number of amides is 1. The minimum atomic E-state index is -0.991. The van der Waals surface area contributed by atoms with Crippen molar-refractivity contribution in [2.24, 2.45) is 5.92 Å². The highest BCUT2D eigenvalue weighted by Gasteiger charge is 2.24. The largest absolute Gasteiger partial charge is 0.497 e. The maximum Gasteiger partial charge on any atom is 0.305 e. The molecule has 138 valence electrons. The van der Waals surface area contributed by atoms with E-state index < -0.39 is 12.0 Å². The molecule has 1 unspecified atom stereocenters. The number of carboxylic acid groups (broad SMARTS) is 1. The molecule has 0 bridgehead atoms. The number of methoxy groups -OCH3 is 2. The molecule has 2 rings (SSSR count).